The summed E-state index contributed by atoms with van der Waals surface area (Å²) in [6.07, 6.45) is -4.48. The lowest BCUT2D eigenvalue weighted by Gasteiger charge is -2.07. The molecule has 0 atom stereocenters. The van der Waals surface area contributed by atoms with Gasteiger partial charge in [-0.05, 0) is 34.6 Å². The molecule has 1 aromatic carbocycles. The number of benzene rings is 1. The quantitative estimate of drug-likeness (QED) is 0.906. The van der Waals surface area contributed by atoms with Crippen LogP contribution in [0.2, 0.25) is 0 Å². The Bertz CT molecular complexity index is 694. The molecule has 0 aliphatic rings. The second-order valence-corrected chi connectivity index (χ2v) is 4.17. The number of hydrogen-bond donors (Lipinski definition) is 2. The highest BCUT2D eigenvalue weighted by molar-refractivity contribution is 6.05. The summed E-state index contributed by atoms with van der Waals surface area (Å²) >= 11 is 0. The lowest BCUT2D eigenvalue weighted by atomic mass is 10.1. The summed E-state index contributed by atoms with van der Waals surface area (Å²) in [6, 6.07) is 3.60. The molecule has 0 saturated carbocycles. The molecule has 2 aromatic rings. The largest absolute Gasteiger partial charge is 0.416 e. The van der Waals surface area contributed by atoms with Crippen LogP contribution in [0.1, 0.15) is 22.8 Å². The van der Waals surface area contributed by atoms with Crippen molar-refractivity contribution in [2.75, 3.05) is 10.6 Å². The van der Waals surface area contributed by atoms with Crippen molar-refractivity contribution >= 4 is 23.5 Å². The van der Waals surface area contributed by atoms with E-state index in [1.54, 1.807) is 0 Å². The van der Waals surface area contributed by atoms with Gasteiger partial charge in [0, 0.05) is 12.5 Å². The minimum absolute atomic E-state index is 0.0234. The summed E-state index contributed by atoms with van der Waals surface area (Å²) in [4.78, 5) is 22.8. The Labute approximate surface area is 121 Å². The first-order valence-electron chi connectivity index (χ1n) is 5.86. The number of nitrogens with one attached hydrogen (secondary N) is 2. The van der Waals surface area contributed by atoms with Gasteiger partial charge in [-0.25, -0.2) is 4.63 Å². The number of anilines is 2. The van der Waals surface area contributed by atoms with Crippen molar-refractivity contribution in [3.63, 3.8) is 0 Å². The molecule has 2 rings (SSSR count). The van der Waals surface area contributed by atoms with Gasteiger partial charge in [-0.3, -0.25) is 9.59 Å². The number of aromatic nitrogens is 2. The minimum Gasteiger partial charge on any atom is -0.305 e. The Balaban J connectivity index is 2.13. The fraction of sp³-hybridized carbons (Fsp3) is 0.167. The summed E-state index contributed by atoms with van der Waals surface area (Å²) in [5, 5.41) is 11.3. The van der Waals surface area contributed by atoms with Crippen LogP contribution < -0.4 is 10.6 Å². The zero-order chi connectivity index (χ0) is 16.3. The number of carbonyl (C=O) groups excluding carboxylic acids is 2. The van der Waals surface area contributed by atoms with E-state index in [2.05, 4.69) is 25.6 Å². The summed E-state index contributed by atoms with van der Waals surface area (Å²) in [5.74, 6) is -1.44. The normalized spacial score (nSPS) is 11.1. The molecule has 0 spiro atoms. The van der Waals surface area contributed by atoms with Crippen molar-refractivity contribution in [1.29, 1.82) is 0 Å². The molecule has 10 heteroatoms. The third-order valence-electron chi connectivity index (χ3n) is 2.49. The molecule has 7 nitrogen and oxygen atoms in total. The standard InChI is InChI=1S/C12H9F3N4O3/c1-6(20)16-9-10(19-22-18-9)17-11(21)7-2-4-8(5-3-7)12(13,14)15/h2-5H,1H3,(H,16,18,20)(H,17,19,21). The van der Waals surface area contributed by atoms with Crippen LogP contribution in [-0.4, -0.2) is 22.1 Å². The zero-order valence-corrected chi connectivity index (χ0v) is 11.1. The van der Waals surface area contributed by atoms with Crippen LogP contribution >= 0.6 is 0 Å². The van der Waals surface area contributed by atoms with Gasteiger partial charge >= 0.3 is 6.18 Å². The van der Waals surface area contributed by atoms with Gasteiger partial charge < -0.3 is 10.6 Å². The second kappa shape index (κ2) is 5.84. The van der Waals surface area contributed by atoms with Crippen molar-refractivity contribution in [3.8, 4) is 0 Å². The molecule has 0 saturated heterocycles. The van der Waals surface area contributed by atoms with Crippen LogP contribution in [0.3, 0.4) is 0 Å². The molecule has 1 heterocycles. The Hall–Kier alpha value is -2.91. The summed E-state index contributed by atoms with van der Waals surface area (Å²) in [5.41, 5.74) is -0.893. The van der Waals surface area contributed by atoms with Gasteiger partial charge in [-0.1, -0.05) is 0 Å². The van der Waals surface area contributed by atoms with Crippen molar-refractivity contribution in [2.45, 2.75) is 13.1 Å². The highest BCUT2D eigenvalue weighted by Gasteiger charge is 2.30. The van der Waals surface area contributed by atoms with E-state index in [-0.39, 0.29) is 17.2 Å². The molecule has 0 aliphatic carbocycles. The monoisotopic (exact) mass is 314 g/mol. The number of rotatable bonds is 3. The SMILES string of the molecule is CC(=O)Nc1nonc1NC(=O)c1ccc(C(F)(F)F)cc1. The average molecular weight is 314 g/mol. The molecule has 2 amide bonds. The average Bonchev–Trinajstić information content (AvgIpc) is 2.84. The highest BCUT2D eigenvalue weighted by atomic mass is 19.4. The van der Waals surface area contributed by atoms with Crippen LogP contribution in [0.5, 0.6) is 0 Å². The number of amides is 2. The molecular weight excluding hydrogens is 305 g/mol. The van der Waals surface area contributed by atoms with Crippen molar-refractivity contribution in [2.24, 2.45) is 0 Å². The lowest BCUT2D eigenvalue weighted by Crippen LogP contribution is -2.15. The van der Waals surface area contributed by atoms with Gasteiger partial charge in [-0.2, -0.15) is 13.2 Å². The molecular formula is C12H9F3N4O3. The molecule has 0 unspecified atom stereocenters. The van der Waals surface area contributed by atoms with Crippen molar-refractivity contribution in [3.05, 3.63) is 35.4 Å². The van der Waals surface area contributed by atoms with Crippen LogP contribution in [0.4, 0.5) is 24.8 Å². The van der Waals surface area contributed by atoms with E-state index in [1.165, 1.54) is 6.92 Å². The molecule has 1 aromatic heterocycles. The van der Waals surface area contributed by atoms with E-state index in [0.29, 0.717) is 0 Å². The first kappa shape index (κ1) is 15.5. The number of alkyl halides is 3. The fourth-order valence-electron chi connectivity index (χ4n) is 1.51. The maximum Gasteiger partial charge on any atom is 0.416 e. The van der Waals surface area contributed by atoms with Crippen LogP contribution in [0.15, 0.2) is 28.9 Å². The fourth-order valence-corrected chi connectivity index (χ4v) is 1.51. The Morgan fingerprint density at radius 3 is 2.09 bits per heavy atom. The van der Waals surface area contributed by atoms with Gasteiger partial charge in [0.1, 0.15) is 0 Å². The summed E-state index contributed by atoms with van der Waals surface area (Å²) < 4.78 is 41.7. The Morgan fingerprint density at radius 2 is 1.59 bits per heavy atom. The van der Waals surface area contributed by atoms with E-state index in [1.807, 2.05) is 0 Å². The zero-order valence-electron chi connectivity index (χ0n) is 11.1. The van der Waals surface area contributed by atoms with Gasteiger partial charge in [0.2, 0.25) is 17.5 Å². The second-order valence-electron chi connectivity index (χ2n) is 4.17. The van der Waals surface area contributed by atoms with Crippen LogP contribution in [-0.2, 0) is 11.0 Å². The van der Waals surface area contributed by atoms with Crippen molar-refractivity contribution in [1.82, 2.24) is 10.3 Å². The van der Waals surface area contributed by atoms with Crippen LogP contribution in [0, 0.1) is 0 Å². The molecule has 116 valence electrons. The maximum atomic E-state index is 12.4. The Morgan fingerprint density at radius 1 is 1.05 bits per heavy atom. The number of hydrogen-bond acceptors (Lipinski definition) is 5. The number of halogens is 3. The smallest absolute Gasteiger partial charge is 0.305 e. The molecule has 0 radical (unpaired) electrons. The molecule has 0 bridgehead atoms. The maximum absolute atomic E-state index is 12.4. The topological polar surface area (TPSA) is 97.1 Å². The van der Waals surface area contributed by atoms with E-state index in [4.69, 9.17) is 0 Å². The van der Waals surface area contributed by atoms with Gasteiger partial charge in [0.15, 0.2) is 0 Å². The minimum atomic E-state index is -4.48. The van der Waals surface area contributed by atoms with E-state index in [0.717, 1.165) is 24.3 Å². The first-order chi connectivity index (χ1) is 10.3. The lowest BCUT2D eigenvalue weighted by molar-refractivity contribution is -0.137. The van der Waals surface area contributed by atoms with Gasteiger partial charge in [0.05, 0.1) is 5.56 Å². The predicted molar refractivity (Wildman–Crippen MR) is 68.0 cm³/mol. The number of carbonyl (C=O) groups is 2. The van der Waals surface area contributed by atoms with E-state index >= 15 is 0 Å². The third-order valence-corrected chi connectivity index (χ3v) is 2.49. The van der Waals surface area contributed by atoms with Gasteiger partial charge in [-0.15, -0.1) is 0 Å². The molecule has 0 fully saturated rings. The molecule has 0 aliphatic heterocycles. The Kier molecular flexibility index (Phi) is 4.11. The van der Waals surface area contributed by atoms with Crippen molar-refractivity contribution < 1.29 is 27.4 Å². The predicted octanol–water partition coefficient (Wildman–Crippen LogP) is 2.30. The summed E-state index contributed by atoms with van der Waals surface area (Å²) in [7, 11) is 0. The van der Waals surface area contributed by atoms with Gasteiger partial charge in [0.25, 0.3) is 5.91 Å². The molecule has 22 heavy (non-hydrogen) atoms. The third kappa shape index (κ3) is 3.59. The highest BCUT2D eigenvalue weighted by Crippen LogP contribution is 2.29. The molecule has 2 N–H and O–H groups in total. The summed E-state index contributed by atoms with van der Waals surface area (Å²) in [6.45, 7) is 1.22. The van der Waals surface area contributed by atoms with E-state index < -0.39 is 23.6 Å². The van der Waals surface area contributed by atoms with E-state index in [9.17, 15) is 22.8 Å². The number of nitrogens with zero attached hydrogens (tertiary/aromatic N) is 2. The van der Waals surface area contributed by atoms with Crippen LogP contribution in [0.25, 0.3) is 0 Å². The first-order valence-corrected chi connectivity index (χ1v) is 5.86.